The first-order chi connectivity index (χ1) is 9.18. The second-order valence-corrected chi connectivity index (χ2v) is 6.21. The van der Waals surface area contributed by atoms with Crippen LogP contribution in [-0.2, 0) is 15.0 Å². The number of non-ortho nitro benzene ring substituents is 1. The molecule has 1 heterocycles. The quantitative estimate of drug-likeness (QED) is 0.476. The number of nitro groups is 1. The molecule has 0 spiro atoms. The van der Waals surface area contributed by atoms with Gasteiger partial charge in [-0.1, -0.05) is 0 Å². The van der Waals surface area contributed by atoms with Crippen LogP contribution >= 0.6 is 0 Å². The van der Waals surface area contributed by atoms with Crippen LogP contribution in [0.5, 0.6) is 0 Å². The fourth-order valence-electron chi connectivity index (χ4n) is 2.12. The maximum Gasteiger partial charge on any atom is 0.307 e. The number of halogens is 1. The van der Waals surface area contributed by atoms with Gasteiger partial charge in [-0.2, -0.15) is 8.42 Å². The van der Waals surface area contributed by atoms with Crippen molar-refractivity contribution in [3.05, 3.63) is 33.9 Å². The van der Waals surface area contributed by atoms with Crippen molar-refractivity contribution >= 4 is 27.5 Å². The van der Waals surface area contributed by atoms with E-state index < -0.39 is 32.7 Å². The zero-order valence-electron chi connectivity index (χ0n) is 10.4. The summed E-state index contributed by atoms with van der Waals surface area (Å²) in [5, 5.41) is 9.35. The van der Waals surface area contributed by atoms with E-state index in [-0.39, 0.29) is 17.9 Å². The zero-order valence-corrected chi connectivity index (χ0v) is 11.3. The van der Waals surface area contributed by atoms with Crippen LogP contribution in [0.15, 0.2) is 18.2 Å². The molecule has 20 heavy (non-hydrogen) atoms. The maximum absolute atomic E-state index is 12.9. The Kier molecular flexibility index (Phi) is 3.46. The molecule has 0 N–H and O–H groups in total. The van der Waals surface area contributed by atoms with Crippen molar-refractivity contribution in [3.8, 4) is 0 Å². The molecule has 1 saturated heterocycles. The molecule has 108 valence electrons. The van der Waals surface area contributed by atoms with E-state index in [4.69, 9.17) is 0 Å². The number of hydrogen-bond acceptors (Lipinski definition) is 5. The van der Waals surface area contributed by atoms with Gasteiger partial charge in [-0.05, 0) is 18.6 Å². The molecule has 1 unspecified atom stereocenters. The number of nitro benzene ring substituents is 1. The highest BCUT2D eigenvalue weighted by Gasteiger charge is 2.39. The van der Waals surface area contributed by atoms with Crippen molar-refractivity contribution in [2.75, 3.05) is 11.4 Å². The minimum absolute atomic E-state index is 0.202. The van der Waals surface area contributed by atoms with Crippen LogP contribution in [0.25, 0.3) is 0 Å². The van der Waals surface area contributed by atoms with Crippen LogP contribution in [0, 0.1) is 17.0 Å². The topological polar surface area (TPSA) is 97.6 Å². The number of nitrogens with zero attached hydrogens (tertiary/aromatic N) is 2. The highest BCUT2D eigenvalue weighted by Crippen LogP contribution is 2.29. The van der Waals surface area contributed by atoms with Gasteiger partial charge in [-0.15, -0.1) is 3.89 Å². The van der Waals surface area contributed by atoms with Crippen LogP contribution in [0.1, 0.15) is 12.0 Å². The average molecular weight is 302 g/mol. The van der Waals surface area contributed by atoms with Gasteiger partial charge in [0.1, 0.15) is 5.25 Å². The molecule has 1 aromatic rings. The minimum Gasteiger partial charge on any atom is -0.311 e. The lowest BCUT2D eigenvalue weighted by Crippen LogP contribution is -2.27. The van der Waals surface area contributed by atoms with Gasteiger partial charge in [0.15, 0.2) is 0 Å². The molecular formula is C11H11FN2O5S. The van der Waals surface area contributed by atoms with Gasteiger partial charge in [0, 0.05) is 25.1 Å². The number of rotatable bonds is 3. The maximum atomic E-state index is 12.9. The Hall–Kier alpha value is -2.03. The largest absolute Gasteiger partial charge is 0.311 e. The van der Waals surface area contributed by atoms with Crippen molar-refractivity contribution in [2.45, 2.75) is 18.6 Å². The molecule has 0 bridgehead atoms. The van der Waals surface area contributed by atoms with E-state index in [0.29, 0.717) is 5.56 Å². The van der Waals surface area contributed by atoms with Crippen LogP contribution in [0.3, 0.4) is 0 Å². The molecule has 1 atom stereocenters. The standard InChI is InChI=1S/C11H11FN2O5S/c1-7-2-8(4-9(3-7)14(16)17)13-6-10(5-11(13)15)20(12,18)19/h2-4,10H,5-6H2,1H3. The second-order valence-electron chi connectivity index (χ2n) is 4.59. The Morgan fingerprint density at radius 1 is 1.40 bits per heavy atom. The summed E-state index contributed by atoms with van der Waals surface area (Å²) in [6, 6.07) is 4.00. The third-order valence-electron chi connectivity index (χ3n) is 3.06. The van der Waals surface area contributed by atoms with Gasteiger partial charge in [0.2, 0.25) is 5.91 Å². The van der Waals surface area contributed by atoms with Gasteiger partial charge in [0.05, 0.1) is 10.6 Å². The number of hydrogen-bond donors (Lipinski definition) is 0. The fraction of sp³-hybridized carbons (Fsp3) is 0.364. The molecule has 0 radical (unpaired) electrons. The van der Waals surface area contributed by atoms with Gasteiger partial charge >= 0.3 is 10.2 Å². The number of carbonyl (C=O) groups is 1. The van der Waals surface area contributed by atoms with E-state index >= 15 is 0 Å². The summed E-state index contributed by atoms with van der Waals surface area (Å²) < 4.78 is 34.6. The number of amides is 1. The van der Waals surface area contributed by atoms with E-state index in [0.717, 1.165) is 11.0 Å². The molecule has 1 aliphatic heterocycles. The molecule has 9 heteroatoms. The first-order valence-electron chi connectivity index (χ1n) is 5.68. The van der Waals surface area contributed by atoms with E-state index in [1.165, 1.54) is 12.1 Å². The molecule has 0 aromatic heterocycles. The van der Waals surface area contributed by atoms with Crippen molar-refractivity contribution in [3.63, 3.8) is 0 Å². The fourth-order valence-corrected chi connectivity index (χ4v) is 2.79. The Labute approximate surface area is 114 Å². The molecular weight excluding hydrogens is 291 g/mol. The Morgan fingerprint density at radius 3 is 2.55 bits per heavy atom. The smallest absolute Gasteiger partial charge is 0.307 e. The SMILES string of the molecule is Cc1cc(N2CC(S(=O)(=O)F)CC2=O)cc([N+](=O)[O-])c1. The molecule has 1 aromatic carbocycles. The first kappa shape index (κ1) is 14.4. The minimum atomic E-state index is -4.81. The third kappa shape index (κ3) is 2.77. The summed E-state index contributed by atoms with van der Waals surface area (Å²) in [4.78, 5) is 23.0. The van der Waals surface area contributed by atoms with E-state index in [1.807, 2.05) is 0 Å². The lowest BCUT2D eigenvalue weighted by molar-refractivity contribution is -0.384. The summed E-state index contributed by atoms with van der Waals surface area (Å²) in [5.41, 5.74) is 0.542. The van der Waals surface area contributed by atoms with E-state index in [2.05, 4.69) is 0 Å². The lowest BCUT2D eigenvalue weighted by Gasteiger charge is -2.16. The molecule has 0 saturated carbocycles. The molecule has 7 nitrogen and oxygen atoms in total. The molecule has 0 aliphatic carbocycles. The summed E-state index contributed by atoms with van der Waals surface area (Å²) in [6.45, 7) is 1.28. The Morgan fingerprint density at radius 2 is 2.05 bits per heavy atom. The molecule has 2 rings (SSSR count). The molecule has 1 amide bonds. The third-order valence-corrected chi connectivity index (χ3v) is 4.17. The number of benzene rings is 1. The van der Waals surface area contributed by atoms with Crippen LogP contribution in [-0.4, -0.2) is 31.0 Å². The molecule has 1 aliphatic rings. The van der Waals surface area contributed by atoms with Crippen molar-refractivity contribution in [2.24, 2.45) is 0 Å². The predicted molar refractivity (Wildman–Crippen MR) is 68.6 cm³/mol. The highest BCUT2D eigenvalue weighted by molar-refractivity contribution is 7.87. The normalized spacial score (nSPS) is 19.4. The monoisotopic (exact) mass is 302 g/mol. The number of carbonyl (C=O) groups excluding carboxylic acids is 1. The van der Waals surface area contributed by atoms with E-state index in [1.54, 1.807) is 6.92 Å². The van der Waals surface area contributed by atoms with Crippen molar-refractivity contribution < 1.29 is 22.0 Å². The van der Waals surface area contributed by atoms with Crippen molar-refractivity contribution in [1.29, 1.82) is 0 Å². The average Bonchev–Trinajstić information content (AvgIpc) is 2.70. The van der Waals surface area contributed by atoms with Crippen molar-refractivity contribution in [1.82, 2.24) is 0 Å². The first-order valence-corrected chi connectivity index (χ1v) is 7.13. The second kappa shape index (κ2) is 4.82. The van der Waals surface area contributed by atoms with Gasteiger partial charge in [0.25, 0.3) is 5.69 Å². The number of anilines is 1. The Balaban J connectivity index is 2.38. The van der Waals surface area contributed by atoms with Crippen LogP contribution in [0.2, 0.25) is 0 Å². The van der Waals surface area contributed by atoms with Crippen LogP contribution < -0.4 is 4.90 Å². The summed E-state index contributed by atoms with van der Waals surface area (Å²) in [5.74, 6) is -0.573. The molecule has 1 fully saturated rings. The summed E-state index contributed by atoms with van der Waals surface area (Å²) >= 11 is 0. The zero-order chi connectivity index (χ0) is 15.1. The van der Waals surface area contributed by atoms with Gasteiger partial charge < -0.3 is 4.90 Å². The summed E-state index contributed by atoms with van der Waals surface area (Å²) in [6.07, 6.45) is -0.458. The van der Waals surface area contributed by atoms with Gasteiger partial charge in [-0.25, -0.2) is 0 Å². The highest BCUT2D eigenvalue weighted by atomic mass is 32.3. The lowest BCUT2D eigenvalue weighted by atomic mass is 10.2. The predicted octanol–water partition coefficient (Wildman–Crippen LogP) is 1.31. The van der Waals surface area contributed by atoms with Crippen LogP contribution in [0.4, 0.5) is 15.3 Å². The van der Waals surface area contributed by atoms with Gasteiger partial charge in [-0.3, -0.25) is 14.9 Å². The Bertz CT molecular complexity index is 688. The van der Waals surface area contributed by atoms with E-state index in [9.17, 15) is 27.2 Å². The summed E-state index contributed by atoms with van der Waals surface area (Å²) in [7, 11) is -4.81. The number of aryl methyl sites for hydroxylation is 1.